The van der Waals surface area contributed by atoms with E-state index in [0.29, 0.717) is 6.54 Å². The topological polar surface area (TPSA) is 66.6 Å². The molecule has 0 saturated carbocycles. The van der Waals surface area contributed by atoms with Crippen LogP contribution in [0.2, 0.25) is 0 Å². The number of aliphatic hydroxyl groups is 1. The summed E-state index contributed by atoms with van der Waals surface area (Å²) in [5.41, 5.74) is 0.236. The van der Waals surface area contributed by atoms with Crippen molar-refractivity contribution in [2.45, 2.75) is 0 Å². The number of hydrogen-bond donors (Lipinski definition) is 1. The Morgan fingerprint density at radius 1 is 1.79 bits per heavy atom. The van der Waals surface area contributed by atoms with E-state index in [9.17, 15) is 4.79 Å². The quantitative estimate of drug-likeness (QED) is 0.687. The van der Waals surface area contributed by atoms with Crippen LogP contribution in [0.15, 0.2) is 29.5 Å². The molecular formula is C9H12N2O3. The summed E-state index contributed by atoms with van der Waals surface area (Å²) < 4.78 is 4.56. The Morgan fingerprint density at radius 2 is 2.57 bits per heavy atom. The second-order valence-electron chi connectivity index (χ2n) is 2.65. The van der Waals surface area contributed by atoms with Crippen molar-refractivity contribution in [3.05, 3.63) is 30.7 Å². The SMILES string of the molecule is C=CCN(CCO)C(=O)c1ccon1. The fourth-order valence-electron chi connectivity index (χ4n) is 1.04. The fraction of sp³-hybridized carbons (Fsp3) is 0.333. The highest BCUT2D eigenvalue weighted by Crippen LogP contribution is 2.01. The smallest absolute Gasteiger partial charge is 0.276 e. The third-order valence-corrected chi connectivity index (χ3v) is 1.66. The van der Waals surface area contributed by atoms with Gasteiger partial charge in [-0.05, 0) is 0 Å². The summed E-state index contributed by atoms with van der Waals surface area (Å²) in [6.45, 7) is 4.08. The number of aromatic nitrogens is 1. The lowest BCUT2D eigenvalue weighted by Crippen LogP contribution is -2.33. The highest BCUT2D eigenvalue weighted by atomic mass is 16.5. The van der Waals surface area contributed by atoms with E-state index < -0.39 is 0 Å². The molecule has 0 radical (unpaired) electrons. The average Bonchev–Trinajstić information content (AvgIpc) is 2.69. The molecule has 1 aromatic rings. The van der Waals surface area contributed by atoms with Gasteiger partial charge in [0.25, 0.3) is 5.91 Å². The van der Waals surface area contributed by atoms with Gasteiger partial charge in [-0.15, -0.1) is 6.58 Å². The minimum atomic E-state index is -0.271. The van der Waals surface area contributed by atoms with Gasteiger partial charge in [-0.3, -0.25) is 4.79 Å². The Bertz CT molecular complexity index is 295. The van der Waals surface area contributed by atoms with Gasteiger partial charge in [0.2, 0.25) is 0 Å². The predicted molar refractivity (Wildman–Crippen MR) is 49.7 cm³/mol. The fourth-order valence-corrected chi connectivity index (χ4v) is 1.04. The summed E-state index contributed by atoms with van der Waals surface area (Å²) in [6, 6.07) is 1.48. The molecular weight excluding hydrogens is 184 g/mol. The average molecular weight is 196 g/mol. The second-order valence-corrected chi connectivity index (χ2v) is 2.65. The zero-order chi connectivity index (χ0) is 10.4. The molecule has 0 bridgehead atoms. The van der Waals surface area contributed by atoms with Crippen LogP contribution in [0.5, 0.6) is 0 Å². The lowest BCUT2D eigenvalue weighted by molar-refractivity contribution is 0.0732. The molecule has 0 aliphatic rings. The maximum Gasteiger partial charge on any atom is 0.276 e. The number of carbonyl (C=O) groups is 1. The summed E-state index contributed by atoms with van der Waals surface area (Å²) in [4.78, 5) is 13.1. The molecule has 1 amide bonds. The maximum absolute atomic E-state index is 11.6. The Balaban J connectivity index is 2.68. The zero-order valence-electron chi connectivity index (χ0n) is 7.72. The zero-order valence-corrected chi connectivity index (χ0v) is 7.72. The van der Waals surface area contributed by atoms with Crippen LogP contribution in [0.25, 0.3) is 0 Å². The first-order valence-corrected chi connectivity index (χ1v) is 4.21. The van der Waals surface area contributed by atoms with E-state index in [1.165, 1.54) is 17.2 Å². The van der Waals surface area contributed by atoms with Crippen LogP contribution in [-0.4, -0.2) is 40.8 Å². The van der Waals surface area contributed by atoms with Gasteiger partial charge in [0.15, 0.2) is 5.69 Å². The molecule has 14 heavy (non-hydrogen) atoms. The van der Waals surface area contributed by atoms with Gasteiger partial charge in [-0.1, -0.05) is 11.2 Å². The molecule has 1 N–H and O–H groups in total. The minimum Gasteiger partial charge on any atom is -0.395 e. The van der Waals surface area contributed by atoms with Gasteiger partial charge in [0.1, 0.15) is 6.26 Å². The number of rotatable bonds is 5. The monoisotopic (exact) mass is 196 g/mol. The molecule has 1 rings (SSSR count). The van der Waals surface area contributed by atoms with Crippen molar-refractivity contribution in [2.75, 3.05) is 19.7 Å². The number of carbonyl (C=O) groups excluding carboxylic acids is 1. The Hall–Kier alpha value is -1.62. The number of nitrogens with zero attached hydrogens (tertiary/aromatic N) is 2. The van der Waals surface area contributed by atoms with E-state index in [-0.39, 0.29) is 24.8 Å². The standard InChI is InChI=1S/C9H12N2O3/c1-2-4-11(5-6-12)9(13)8-3-7-14-10-8/h2-3,7,12H,1,4-6H2. The van der Waals surface area contributed by atoms with Gasteiger partial charge in [0.05, 0.1) is 6.61 Å². The molecule has 1 aromatic heterocycles. The van der Waals surface area contributed by atoms with Crippen molar-refractivity contribution >= 4 is 5.91 Å². The van der Waals surface area contributed by atoms with Gasteiger partial charge in [-0.2, -0.15) is 0 Å². The first-order chi connectivity index (χ1) is 6.79. The molecule has 0 aromatic carbocycles. The molecule has 0 aliphatic carbocycles. The van der Waals surface area contributed by atoms with Crippen molar-refractivity contribution in [1.29, 1.82) is 0 Å². The van der Waals surface area contributed by atoms with E-state index in [4.69, 9.17) is 5.11 Å². The van der Waals surface area contributed by atoms with Crippen LogP contribution in [-0.2, 0) is 0 Å². The van der Waals surface area contributed by atoms with Crippen molar-refractivity contribution in [3.8, 4) is 0 Å². The molecule has 0 aliphatic heterocycles. The predicted octanol–water partition coefficient (Wildman–Crippen LogP) is 0.295. The molecule has 1 heterocycles. The third-order valence-electron chi connectivity index (χ3n) is 1.66. The van der Waals surface area contributed by atoms with E-state index >= 15 is 0 Å². The summed E-state index contributed by atoms with van der Waals surface area (Å²) in [5.74, 6) is -0.271. The Morgan fingerprint density at radius 3 is 3.07 bits per heavy atom. The molecule has 5 heteroatoms. The van der Waals surface area contributed by atoms with E-state index in [2.05, 4.69) is 16.3 Å². The normalized spacial score (nSPS) is 9.79. The molecule has 76 valence electrons. The Kier molecular flexibility index (Phi) is 3.87. The van der Waals surface area contributed by atoms with Crippen LogP contribution in [0.1, 0.15) is 10.5 Å². The van der Waals surface area contributed by atoms with Crippen LogP contribution in [0, 0.1) is 0 Å². The summed E-state index contributed by atoms with van der Waals surface area (Å²) in [7, 11) is 0. The largest absolute Gasteiger partial charge is 0.395 e. The minimum absolute atomic E-state index is 0.0859. The molecule has 0 saturated heterocycles. The van der Waals surface area contributed by atoms with Gasteiger partial charge in [0, 0.05) is 19.2 Å². The number of hydrogen-bond acceptors (Lipinski definition) is 4. The van der Waals surface area contributed by atoms with Crippen molar-refractivity contribution in [3.63, 3.8) is 0 Å². The van der Waals surface area contributed by atoms with Gasteiger partial charge in [-0.25, -0.2) is 0 Å². The lowest BCUT2D eigenvalue weighted by atomic mass is 10.3. The molecule has 0 fully saturated rings. The first kappa shape index (κ1) is 10.5. The van der Waals surface area contributed by atoms with E-state index in [1.807, 2.05) is 0 Å². The molecule has 5 nitrogen and oxygen atoms in total. The molecule has 0 unspecified atom stereocenters. The summed E-state index contributed by atoms with van der Waals surface area (Å²) in [6.07, 6.45) is 2.92. The van der Waals surface area contributed by atoms with Crippen LogP contribution < -0.4 is 0 Å². The summed E-state index contributed by atoms with van der Waals surface area (Å²) >= 11 is 0. The first-order valence-electron chi connectivity index (χ1n) is 4.21. The van der Waals surface area contributed by atoms with Crippen molar-refractivity contribution in [1.82, 2.24) is 10.1 Å². The Labute approximate surface area is 81.6 Å². The lowest BCUT2D eigenvalue weighted by Gasteiger charge is -2.17. The molecule has 0 atom stereocenters. The molecule has 0 spiro atoms. The van der Waals surface area contributed by atoms with Crippen molar-refractivity contribution < 1.29 is 14.4 Å². The van der Waals surface area contributed by atoms with E-state index in [1.54, 1.807) is 6.08 Å². The van der Waals surface area contributed by atoms with Crippen LogP contribution in [0.4, 0.5) is 0 Å². The highest BCUT2D eigenvalue weighted by molar-refractivity contribution is 5.92. The van der Waals surface area contributed by atoms with E-state index in [0.717, 1.165) is 0 Å². The summed E-state index contributed by atoms with van der Waals surface area (Å²) in [5, 5.41) is 12.3. The second kappa shape index (κ2) is 5.18. The maximum atomic E-state index is 11.6. The van der Waals surface area contributed by atoms with Gasteiger partial charge >= 0.3 is 0 Å². The number of amides is 1. The highest BCUT2D eigenvalue weighted by Gasteiger charge is 2.16. The van der Waals surface area contributed by atoms with Gasteiger partial charge < -0.3 is 14.5 Å². The number of aliphatic hydroxyl groups excluding tert-OH is 1. The third kappa shape index (κ3) is 2.43. The van der Waals surface area contributed by atoms with Crippen LogP contribution >= 0.6 is 0 Å². The van der Waals surface area contributed by atoms with Crippen LogP contribution in [0.3, 0.4) is 0 Å². The van der Waals surface area contributed by atoms with Crippen molar-refractivity contribution in [2.24, 2.45) is 0 Å².